The molecular weight excluding hydrogens is 431 g/mol. The molecule has 0 aliphatic carbocycles. The Morgan fingerprint density at radius 1 is 1.16 bits per heavy atom. The number of fused-ring (bicyclic) bond motifs is 3. The average Bonchev–Trinajstić information content (AvgIpc) is 3.06. The summed E-state index contributed by atoms with van der Waals surface area (Å²) in [6, 6.07) is 16.7. The first-order valence-electron chi connectivity index (χ1n) is 9.86. The van der Waals surface area contributed by atoms with Crippen LogP contribution in [0, 0.1) is 0 Å². The highest BCUT2D eigenvalue weighted by atomic mass is 35.5. The highest BCUT2D eigenvalue weighted by Gasteiger charge is 2.38. The number of aliphatic carboxylic acids is 1. The van der Waals surface area contributed by atoms with E-state index < -0.39 is 12.1 Å². The van der Waals surface area contributed by atoms with Gasteiger partial charge in [0, 0.05) is 46.9 Å². The summed E-state index contributed by atoms with van der Waals surface area (Å²) >= 11 is 5.93. The Labute approximate surface area is 182 Å². The molecule has 0 saturated heterocycles. The molecule has 31 heavy (non-hydrogen) atoms. The van der Waals surface area contributed by atoms with Crippen LogP contribution in [-0.2, 0) is 24.3 Å². The first-order valence-corrected chi connectivity index (χ1v) is 10.2. The fourth-order valence-electron chi connectivity index (χ4n) is 3.62. The molecule has 5 nitrogen and oxygen atoms in total. The third-order valence-corrected chi connectivity index (χ3v) is 5.26. The molecule has 0 unspecified atom stereocenters. The molecule has 1 aromatic heterocycles. The van der Waals surface area contributed by atoms with Crippen molar-refractivity contribution in [3.63, 3.8) is 0 Å². The summed E-state index contributed by atoms with van der Waals surface area (Å²) in [5, 5.41) is 16.3. The van der Waals surface area contributed by atoms with Crippen LogP contribution < -0.4 is 10.6 Å². The maximum absolute atomic E-state index is 10.6. The molecule has 0 bridgehead atoms. The summed E-state index contributed by atoms with van der Waals surface area (Å²) in [6.45, 7) is 4.06. The SMILES string of the molecule is Clc1ccc(NCCCn2c3c(c4ccccc42)CCNC3)cc1.O=C(O)C(F)(F)F. The largest absolute Gasteiger partial charge is 0.490 e. The van der Waals surface area contributed by atoms with E-state index >= 15 is 0 Å². The molecular formula is C22H23ClF3N3O2. The van der Waals surface area contributed by atoms with E-state index in [1.165, 1.54) is 22.2 Å². The van der Waals surface area contributed by atoms with Gasteiger partial charge in [-0.15, -0.1) is 0 Å². The maximum atomic E-state index is 10.6. The van der Waals surface area contributed by atoms with Crippen LogP contribution in [0.15, 0.2) is 48.5 Å². The molecule has 9 heteroatoms. The van der Waals surface area contributed by atoms with Crippen LogP contribution in [0.1, 0.15) is 17.7 Å². The highest BCUT2D eigenvalue weighted by molar-refractivity contribution is 6.30. The minimum Gasteiger partial charge on any atom is -0.475 e. The van der Waals surface area contributed by atoms with Gasteiger partial charge in [0.25, 0.3) is 0 Å². The zero-order chi connectivity index (χ0) is 22.4. The van der Waals surface area contributed by atoms with Crippen LogP contribution in [0.5, 0.6) is 0 Å². The van der Waals surface area contributed by atoms with Gasteiger partial charge < -0.3 is 20.3 Å². The molecule has 166 valence electrons. The van der Waals surface area contributed by atoms with Crippen LogP contribution in [-0.4, -0.2) is 34.9 Å². The molecule has 0 fully saturated rings. The summed E-state index contributed by atoms with van der Waals surface area (Å²) in [7, 11) is 0. The zero-order valence-corrected chi connectivity index (χ0v) is 17.4. The number of aromatic nitrogens is 1. The average molecular weight is 454 g/mol. The van der Waals surface area contributed by atoms with Gasteiger partial charge in [0.1, 0.15) is 0 Å². The molecule has 0 spiro atoms. The monoisotopic (exact) mass is 453 g/mol. The second kappa shape index (κ2) is 10.1. The van der Waals surface area contributed by atoms with Crippen molar-refractivity contribution in [1.29, 1.82) is 0 Å². The number of alkyl halides is 3. The smallest absolute Gasteiger partial charge is 0.475 e. The molecule has 0 saturated carbocycles. The van der Waals surface area contributed by atoms with Crippen LogP contribution in [0.2, 0.25) is 5.02 Å². The van der Waals surface area contributed by atoms with Crippen molar-refractivity contribution in [1.82, 2.24) is 9.88 Å². The number of carboxylic acids is 1. The molecule has 1 aliphatic heterocycles. The fourth-order valence-corrected chi connectivity index (χ4v) is 3.75. The number of halogens is 4. The lowest BCUT2D eigenvalue weighted by atomic mass is 10.1. The number of para-hydroxylation sites is 1. The number of carbonyl (C=O) groups is 1. The first kappa shape index (κ1) is 23.0. The van der Waals surface area contributed by atoms with Crippen molar-refractivity contribution in [2.24, 2.45) is 0 Å². The van der Waals surface area contributed by atoms with Crippen LogP contribution in [0.3, 0.4) is 0 Å². The standard InChI is InChI=1S/C20H22ClN3.C2HF3O2/c21-15-6-8-16(9-7-15)23-11-3-13-24-19-5-2-1-4-17(19)18-10-12-22-14-20(18)24;3-2(4,5)1(6)7/h1-2,4-9,22-23H,3,10-14H2;(H,6,7). The third kappa shape index (κ3) is 5.92. The third-order valence-electron chi connectivity index (χ3n) is 5.01. The highest BCUT2D eigenvalue weighted by Crippen LogP contribution is 2.28. The summed E-state index contributed by atoms with van der Waals surface area (Å²) in [5.41, 5.74) is 5.50. The van der Waals surface area contributed by atoms with Gasteiger partial charge in [0.2, 0.25) is 0 Å². The predicted octanol–water partition coefficient (Wildman–Crippen LogP) is 5.08. The number of rotatable bonds is 5. The van der Waals surface area contributed by atoms with E-state index in [-0.39, 0.29) is 0 Å². The number of nitrogens with zero attached hydrogens (tertiary/aromatic N) is 1. The van der Waals surface area contributed by atoms with E-state index in [9.17, 15) is 13.2 Å². The summed E-state index contributed by atoms with van der Waals surface area (Å²) < 4.78 is 34.2. The molecule has 0 atom stereocenters. The second-order valence-corrected chi connectivity index (χ2v) is 7.55. The summed E-state index contributed by atoms with van der Waals surface area (Å²) in [4.78, 5) is 8.90. The Bertz CT molecular complexity index is 1030. The second-order valence-electron chi connectivity index (χ2n) is 7.11. The molecule has 1 aliphatic rings. The summed E-state index contributed by atoms with van der Waals surface area (Å²) in [6.07, 6.45) is -2.86. The van der Waals surface area contributed by atoms with Crippen molar-refractivity contribution in [2.45, 2.75) is 32.1 Å². The van der Waals surface area contributed by atoms with Gasteiger partial charge in [0.15, 0.2) is 0 Å². The Balaban J connectivity index is 0.000000339. The number of hydrogen-bond donors (Lipinski definition) is 3. The van der Waals surface area contributed by atoms with Crippen molar-refractivity contribution in [3.8, 4) is 0 Å². The molecule has 2 heterocycles. The minimum atomic E-state index is -5.08. The van der Waals surface area contributed by atoms with Crippen molar-refractivity contribution in [3.05, 3.63) is 64.8 Å². The Morgan fingerprint density at radius 2 is 1.84 bits per heavy atom. The number of benzene rings is 2. The van der Waals surface area contributed by atoms with Crippen LogP contribution in [0.25, 0.3) is 10.9 Å². The molecule has 4 rings (SSSR count). The van der Waals surface area contributed by atoms with E-state index in [1.54, 1.807) is 0 Å². The van der Waals surface area contributed by atoms with E-state index in [2.05, 4.69) is 39.5 Å². The first-order chi connectivity index (χ1) is 14.8. The molecule has 0 amide bonds. The van der Waals surface area contributed by atoms with Gasteiger partial charge in [-0.1, -0.05) is 29.8 Å². The van der Waals surface area contributed by atoms with Gasteiger partial charge in [-0.2, -0.15) is 13.2 Å². The molecule has 3 aromatic rings. The Hall–Kier alpha value is -2.71. The topological polar surface area (TPSA) is 66.3 Å². The lowest BCUT2D eigenvalue weighted by Crippen LogP contribution is -2.25. The quantitative estimate of drug-likeness (QED) is 0.471. The summed E-state index contributed by atoms with van der Waals surface area (Å²) in [5.74, 6) is -2.76. The van der Waals surface area contributed by atoms with Crippen molar-refractivity contribution >= 4 is 34.2 Å². The fraction of sp³-hybridized carbons (Fsp3) is 0.318. The number of aryl methyl sites for hydroxylation is 1. The molecule has 3 N–H and O–H groups in total. The van der Waals surface area contributed by atoms with Gasteiger partial charge in [-0.3, -0.25) is 0 Å². The van der Waals surface area contributed by atoms with Crippen LogP contribution >= 0.6 is 11.6 Å². The van der Waals surface area contributed by atoms with Gasteiger partial charge in [0.05, 0.1) is 0 Å². The van der Waals surface area contributed by atoms with Crippen molar-refractivity contribution < 1.29 is 23.1 Å². The van der Waals surface area contributed by atoms with E-state index in [0.717, 1.165) is 49.7 Å². The van der Waals surface area contributed by atoms with E-state index in [4.69, 9.17) is 21.5 Å². The zero-order valence-electron chi connectivity index (χ0n) is 16.7. The van der Waals surface area contributed by atoms with E-state index in [0.29, 0.717) is 0 Å². The Kier molecular flexibility index (Phi) is 7.46. The van der Waals surface area contributed by atoms with E-state index in [1.807, 2.05) is 24.3 Å². The lowest BCUT2D eigenvalue weighted by molar-refractivity contribution is -0.192. The maximum Gasteiger partial charge on any atom is 0.490 e. The molecule has 0 radical (unpaired) electrons. The van der Waals surface area contributed by atoms with Crippen LogP contribution in [0.4, 0.5) is 18.9 Å². The van der Waals surface area contributed by atoms with Crippen molar-refractivity contribution in [2.75, 3.05) is 18.4 Å². The van der Waals surface area contributed by atoms with Gasteiger partial charge in [-0.05, 0) is 55.3 Å². The number of hydrogen-bond acceptors (Lipinski definition) is 3. The number of nitrogens with one attached hydrogen (secondary N) is 2. The van der Waals surface area contributed by atoms with Gasteiger partial charge >= 0.3 is 12.1 Å². The normalized spacial score (nSPS) is 13.3. The lowest BCUT2D eigenvalue weighted by Gasteiger charge is -2.17. The number of anilines is 1. The predicted molar refractivity (Wildman–Crippen MR) is 116 cm³/mol. The minimum absolute atomic E-state index is 0.776. The Morgan fingerprint density at radius 3 is 2.52 bits per heavy atom. The number of carboxylic acid groups (broad SMARTS) is 1. The molecule has 2 aromatic carbocycles. The van der Waals surface area contributed by atoms with Gasteiger partial charge in [-0.25, -0.2) is 4.79 Å².